The fourth-order valence-electron chi connectivity index (χ4n) is 1.65. The first-order chi connectivity index (χ1) is 9.51. The summed E-state index contributed by atoms with van der Waals surface area (Å²) in [5.41, 5.74) is 5.76. The molecule has 20 heavy (non-hydrogen) atoms. The number of aromatic hydroxyl groups is 1. The molecule has 104 valence electrons. The number of benzene rings is 2. The molecular weight excluding hydrogens is 263 g/mol. The number of phenolic OH excluding ortho intramolecular Hbond substituents is 1. The fourth-order valence-corrected chi connectivity index (χ4v) is 1.65. The van der Waals surface area contributed by atoms with Crippen molar-refractivity contribution in [1.29, 1.82) is 0 Å². The molecule has 2 rings (SSSR count). The molecule has 0 saturated carbocycles. The molecule has 2 aromatic rings. The summed E-state index contributed by atoms with van der Waals surface area (Å²) in [4.78, 5) is 12.0. The number of rotatable bonds is 3. The first-order valence-electron chi connectivity index (χ1n) is 5.74. The van der Waals surface area contributed by atoms with Crippen molar-refractivity contribution in [3.05, 3.63) is 47.8 Å². The number of halogens is 1. The van der Waals surface area contributed by atoms with Crippen molar-refractivity contribution >= 4 is 17.3 Å². The number of carbonyl (C=O) groups is 1. The van der Waals surface area contributed by atoms with Gasteiger partial charge in [-0.25, -0.2) is 4.39 Å². The molecule has 0 aliphatic carbocycles. The molecule has 0 aliphatic rings. The topological polar surface area (TPSA) is 84.6 Å². The summed E-state index contributed by atoms with van der Waals surface area (Å²) in [6, 6.07) is 8.13. The Morgan fingerprint density at radius 1 is 1.30 bits per heavy atom. The molecule has 6 heteroatoms. The van der Waals surface area contributed by atoms with Crippen LogP contribution in [-0.4, -0.2) is 18.1 Å². The van der Waals surface area contributed by atoms with Crippen molar-refractivity contribution in [2.24, 2.45) is 0 Å². The summed E-state index contributed by atoms with van der Waals surface area (Å²) in [6.07, 6.45) is 0. The van der Waals surface area contributed by atoms with E-state index in [4.69, 9.17) is 10.5 Å². The molecule has 0 heterocycles. The Bertz CT molecular complexity index is 659. The van der Waals surface area contributed by atoms with Gasteiger partial charge in [-0.3, -0.25) is 4.79 Å². The highest BCUT2D eigenvalue weighted by Gasteiger charge is 2.12. The van der Waals surface area contributed by atoms with Crippen LogP contribution in [0.15, 0.2) is 36.4 Å². The zero-order valence-corrected chi connectivity index (χ0v) is 10.7. The minimum atomic E-state index is -0.560. The van der Waals surface area contributed by atoms with Crippen molar-refractivity contribution in [3.63, 3.8) is 0 Å². The van der Waals surface area contributed by atoms with Crippen molar-refractivity contribution in [1.82, 2.24) is 0 Å². The van der Waals surface area contributed by atoms with Gasteiger partial charge in [-0.05, 0) is 30.3 Å². The van der Waals surface area contributed by atoms with Gasteiger partial charge in [0, 0.05) is 11.8 Å². The Kier molecular flexibility index (Phi) is 3.74. The first kappa shape index (κ1) is 13.7. The van der Waals surface area contributed by atoms with Crippen LogP contribution in [0.4, 0.5) is 15.8 Å². The molecule has 0 fully saturated rings. The van der Waals surface area contributed by atoms with Crippen molar-refractivity contribution in [2.75, 3.05) is 18.2 Å². The molecule has 5 nitrogen and oxygen atoms in total. The summed E-state index contributed by atoms with van der Waals surface area (Å²) in [6.45, 7) is 0. The van der Waals surface area contributed by atoms with Gasteiger partial charge in [-0.2, -0.15) is 0 Å². The second-order valence-electron chi connectivity index (χ2n) is 4.07. The molecule has 0 aliphatic heterocycles. The third kappa shape index (κ3) is 2.80. The first-order valence-corrected chi connectivity index (χ1v) is 5.74. The lowest BCUT2D eigenvalue weighted by Crippen LogP contribution is -2.12. The number of carbonyl (C=O) groups excluding carboxylic acids is 1. The summed E-state index contributed by atoms with van der Waals surface area (Å²) >= 11 is 0. The van der Waals surface area contributed by atoms with Gasteiger partial charge in [0.25, 0.3) is 5.91 Å². The number of anilines is 2. The van der Waals surface area contributed by atoms with E-state index in [9.17, 15) is 14.3 Å². The van der Waals surface area contributed by atoms with E-state index in [1.807, 2.05) is 0 Å². The molecule has 1 amide bonds. The van der Waals surface area contributed by atoms with Crippen LogP contribution in [0.3, 0.4) is 0 Å². The average molecular weight is 276 g/mol. The lowest BCUT2D eigenvalue weighted by molar-refractivity contribution is 0.102. The standard InChI is InChI=1S/C14H13FN2O3/c1-20-9-3-4-10(13(18)7-9)14(19)17-8-2-5-11(15)12(16)6-8/h2-7,18H,16H2,1H3,(H,17,19). The van der Waals surface area contributed by atoms with E-state index in [1.54, 1.807) is 6.07 Å². The summed E-state index contributed by atoms with van der Waals surface area (Å²) in [5.74, 6) is -0.867. The molecule has 0 bridgehead atoms. The smallest absolute Gasteiger partial charge is 0.259 e. The molecule has 0 unspecified atom stereocenters. The number of phenols is 1. The Balaban J connectivity index is 2.21. The number of hydrogen-bond acceptors (Lipinski definition) is 4. The maximum absolute atomic E-state index is 13.0. The molecule has 0 atom stereocenters. The van der Waals surface area contributed by atoms with Crippen LogP contribution < -0.4 is 15.8 Å². The zero-order chi connectivity index (χ0) is 14.7. The molecule has 0 radical (unpaired) electrons. The van der Waals surface area contributed by atoms with Crippen LogP contribution in [0, 0.1) is 5.82 Å². The minimum absolute atomic E-state index is 0.0678. The number of nitrogen functional groups attached to an aromatic ring is 1. The third-order valence-electron chi connectivity index (χ3n) is 2.70. The Labute approximate surface area is 114 Å². The maximum atomic E-state index is 13.0. The van der Waals surface area contributed by atoms with Crippen LogP contribution in [-0.2, 0) is 0 Å². The number of hydrogen-bond donors (Lipinski definition) is 3. The van der Waals surface area contributed by atoms with Crippen LogP contribution in [0.2, 0.25) is 0 Å². The van der Waals surface area contributed by atoms with Crippen LogP contribution in [0.25, 0.3) is 0 Å². The van der Waals surface area contributed by atoms with Gasteiger partial charge in [0.15, 0.2) is 0 Å². The van der Waals surface area contributed by atoms with Crippen molar-refractivity contribution < 1.29 is 19.0 Å². The Morgan fingerprint density at radius 3 is 2.65 bits per heavy atom. The number of nitrogens with two attached hydrogens (primary N) is 1. The number of ether oxygens (including phenoxy) is 1. The number of nitrogens with one attached hydrogen (secondary N) is 1. The number of amides is 1. The summed E-state index contributed by atoms with van der Waals surface area (Å²) < 4.78 is 17.9. The van der Waals surface area contributed by atoms with Gasteiger partial charge < -0.3 is 20.9 Å². The normalized spacial score (nSPS) is 10.1. The second-order valence-corrected chi connectivity index (χ2v) is 4.07. The molecule has 4 N–H and O–H groups in total. The lowest BCUT2D eigenvalue weighted by Gasteiger charge is -2.09. The largest absolute Gasteiger partial charge is 0.507 e. The van der Waals surface area contributed by atoms with Gasteiger partial charge in [0.05, 0.1) is 18.4 Å². The minimum Gasteiger partial charge on any atom is -0.507 e. The van der Waals surface area contributed by atoms with Crippen molar-refractivity contribution in [3.8, 4) is 11.5 Å². The van der Waals surface area contributed by atoms with Crippen LogP contribution in [0.5, 0.6) is 11.5 Å². The van der Waals surface area contributed by atoms with E-state index in [1.165, 1.54) is 31.4 Å². The summed E-state index contributed by atoms with van der Waals surface area (Å²) in [7, 11) is 1.45. The predicted octanol–water partition coefficient (Wildman–Crippen LogP) is 2.37. The molecule has 2 aromatic carbocycles. The zero-order valence-electron chi connectivity index (χ0n) is 10.7. The number of methoxy groups -OCH3 is 1. The molecule has 0 spiro atoms. The average Bonchev–Trinajstić information content (AvgIpc) is 2.42. The fraction of sp³-hybridized carbons (Fsp3) is 0.0714. The highest BCUT2D eigenvalue weighted by atomic mass is 19.1. The van der Waals surface area contributed by atoms with E-state index < -0.39 is 11.7 Å². The molecule has 0 aromatic heterocycles. The van der Waals surface area contributed by atoms with Gasteiger partial charge in [-0.15, -0.1) is 0 Å². The van der Waals surface area contributed by atoms with E-state index in [0.717, 1.165) is 6.07 Å². The quantitative estimate of drug-likeness (QED) is 0.751. The predicted molar refractivity (Wildman–Crippen MR) is 73.4 cm³/mol. The SMILES string of the molecule is COc1ccc(C(=O)Nc2ccc(F)c(N)c2)c(O)c1. The van der Waals surface area contributed by atoms with E-state index in [-0.39, 0.29) is 17.0 Å². The van der Waals surface area contributed by atoms with Gasteiger partial charge >= 0.3 is 0 Å². The van der Waals surface area contributed by atoms with E-state index >= 15 is 0 Å². The second kappa shape index (κ2) is 5.48. The Hall–Kier alpha value is -2.76. The van der Waals surface area contributed by atoms with Crippen LogP contribution in [0.1, 0.15) is 10.4 Å². The molecular formula is C14H13FN2O3. The van der Waals surface area contributed by atoms with Crippen molar-refractivity contribution in [2.45, 2.75) is 0 Å². The summed E-state index contributed by atoms with van der Waals surface area (Å²) in [5, 5.41) is 12.3. The van der Waals surface area contributed by atoms with E-state index in [2.05, 4.69) is 5.32 Å². The lowest BCUT2D eigenvalue weighted by atomic mass is 10.1. The van der Waals surface area contributed by atoms with Gasteiger partial charge in [0.1, 0.15) is 17.3 Å². The van der Waals surface area contributed by atoms with Gasteiger partial charge in [0.2, 0.25) is 0 Å². The maximum Gasteiger partial charge on any atom is 0.259 e. The third-order valence-corrected chi connectivity index (χ3v) is 2.70. The highest BCUT2D eigenvalue weighted by molar-refractivity contribution is 6.06. The highest BCUT2D eigenvalue weighted by Crippen LogP contribution is 2.24. The molecule has 0 saturated heterocycles. The monoisotopic (exact) mass is 276 g/mol. The van der Waals surface area contributed by atoms with Gasteiger partial charge in [-0.1, -0.05) is 0 Å². The van der Waals surface area contributed by atoms with E-state index in [0.29, 0.717) is 11.4 Å². The Morgan fingerprint density at radius 2 is 2.05 bits per heavy atom. The van der Waals surface area contributed by atoms with Crippen LogP contribution >= 0.6 is 0 Å².